The Balaban J connectivity index is 2.10. The Kier molecular flexibility index (Phi) is 4.58. The molecule has 0 aliphatic heterocycles. The third-order valence-corrected chi connectivity index (χ3v) is 3.32. The van der Waals surface area contributed by atoms with Crippen LogP contribution >= 0.6 is 0 Å². The Morgan fingerprint density at radius 1 is 1.42 bits per heavy atom. The summed E-state index contributed by atoms with van der Waals surface area (Å²) in [4.78, 5) is 14.5. The van der Waals surface area contributed by atoms with Crippen LogP contribution in [0.5, 0.6) is 0 Å². The van der Waals surface area contributed by atoms with Crippen molar-refractivity contribution in [2.45, 2.75) is 32.2 Å². The predicted molar refractivity (Wildman–Crippen MR) is 76.3 cm³/mol. The van der Waals surface area contributed by atoms with Crippen molar-refractivity contribution < 1.29 is 9.90 Å². The summed E-state index contributed by atoms with van der Waals surface area (Å²) in [5.74, 6) is -0.790. The fourth-order valence-corrected chi connectivity index (χ4v) is 2.22. The van der Waals surface area contributed by atoms with Gasteiger partial charge in [0.15, 0.2) is 0 Å². The van der Waals surface area contributed by atoms with Gasteiger partial charge in [0.2, 0.25) is 0 Å². The number of hydrogen-bond acceptors (Lipinski definition) is 2. The van der Waals surface area contributed by atoms with Crippen LogP contribution in [0.2, 0.25) is 0 Å². The number of carboxylic acid groups (broad SMARTS) is 1. The van der Waals surface area contributed by atoms with Gasteiger partial charge in [0, 0.05) is 23.5 Å². The van der Waals surface area contributed by atoms with Crippen LogP contribution in [0.4, 0.5) is 0 Å². The summed E-state index contributed by atoms with van der Waals surface area (Å²) in [6, 6.07) is 7.44. The summed E-state index contributed by atoms with van der Waals surface area (Å²) in [6.07, 6.45) is 4.47. The van der Waals surface area contributed by atoms with E-state index in [0.29, 0.717) is 6.42 Å². The van der Waals surface area contributed by atoms with Gasteiger partial charge < -0.3 is 15.4 Å². The summed E-state index contributed by atoms with van der Waals surface area (Å²) in [5, 5.41) is 13.5. The van der Waals surface area contributed by atoms with Gasteiger partial charge in [-0.25, -0.2) is 0 Å². The fraction of sp³-hybridized carbons (Fsp3) is 0.400. The maximum absolute atomic E-state index is 11.3. The monoisotopic (exact) mass is 260 g/mol. The van der Waals surface area contributed by atoms with Gasteiger partial charge in [-0.05, 0) is 24.6 Å². The Morgan fingerprint density at radius 2 is 2.21 bits per heavy atom. The van der Waals surface area contributed by atoms with Gasteiger partial charge in [0.05, 0.1) is 0 Å². The molecule has 0 unspecified atom stereocenters. The zero-order valence-corrected chi connectivity index (χ0v) is 11.1. The third kappa shape index (κ3) is 3.35. The van der Waals surface area contributed by atoms with Gasteiger partial charge in [-0.1, -0.05) is 31.5 Å². The molecule has 3 N–H and O–H groups in total. The molecule has 0 aliphatic carbocycles. The molecule has 0 fully saturated rings. The highest BCUT2D eigenvalue weighted by Crippen LogP contribution is 2.19. The molecule has 0 amide bonds. The van der Waals surface area contributed by atoms with Crippen LogP contribution in [-0.4, -0.2) is 28.6 Å². The van der Waals surface area contributed by atoms with Crippen molar-refractivity contribution in [2.75, 3.05) is 6.54 Å². The number of nitrogens with one attached hydrogen (secondary N) is 2. The summed E-state index contributed by atoms with van der Waals surface area (Å²) in [7, 11) is 0. The lowest BCUT2D eigenvalue weighted by Crippen LogP contribution is -2.39. The van der Waals surface area contributed by atoms with Gasteiger partial charge in [0.1, 0.15) is 6.04 Å². The number of H-pyrrole nitrogens is 1. The number of benzene rings is 1. The van der Waals surface area contributed by atoms with Crippen molar-refractivity contribution >= 4 is 16.9 Å². The molecule has 0 bridgehead atoms. The van der Waals surface area contributed by atoms with Crippen LogP contribution in [0.25, 0.3) is 10.9 Å². The number of carboxylic acids is 1. The van der Waals surface area contributed by atoms with E-state index >= 15 is 0 Å². The second-order valence-electron chi connectivity index (χ2n) is 4.76. The Hall–Kier alpha value is -1.81. The quantitative estimate of drug-likeness (QED) is 0.670. The molecule has 0 saturated carbocycles. The molecule has 1 aromatic heterocycles. The number of aliphatic carboxylic acids is 1. The molecular formula is C15H20N2O2. The van der Waals surface area contributed by atoms with E-state index in [1.807, 2.05) is 30.5 Å². The van der Waals surface area contributed by atoms with Crippen molar-refractivity contribution in [1.82, 2.24) is 10.3 Å². The van der Waals surface area contributed by atoms with E-state index in [1.165, 1.54) is 0 Å². The summed E-state index contributed by atoms with van der Waals surface area (Å²) in [6.45, 7) is 2.84. The lowest BCUT2D eigenvalue weighted by atomic mass is 10.0. The number of carbonyl (C=O) groups is 1. The van der Waals surface area contributed by atoms with Crippen molar-refractivity contribution in [3.05, 3.63) is 36.0 Å². The largest absolute Gasteiger partial charge is 0.480 e. The van der Waals surface area contributed by atoms with Crippen molar-refractivity contribution in [2.24, 2.45) is 0 Å². The van der Waals surface area contributed by atoms with Crippen LogP contribution in [0.3, 0.4) is 0 Å². The molecule has 102 valence electrons. The van der Waals surface area contributed by atoms with E-state index < -0.39 is 12.0 Å². The molecule has 0 aliphatic rings. The number of para-hydroxylation sites is 1. The van der Waals surface area contributed by atoms with Gasteiger partial charge in [-0.15, -0.1) is 0 Å². The number of aromatic amines is 1. The molecule has 0 saturated heterocycles. The van der Waals surface area contributed by atoms with E-state index in [9.17, 15) is 9.90 Å². The SMILES string of the molecule is CCCCN[C@@H](Cc1c[nH]c2ccccc12)C(=O)O. The zero-order chi connectivity index (χ0) is 13.7. The standard InChI is InChI=1S/C15H20N2O2/c1-2-3-8-16-14(15(18)19)9-11-10-17-13-7-5-4-6-12(11)13/h4-7,10,14,16-17H,2-3,8-9H2,1H3,(H,18,19)/t14-/m0/s1. The van der Waals surface area contributed by atoms with Crippen LogP contribution < -0.4 is 5.32 Å². The first kappa shape index (κ1) is 13.6. The summed E-state index contributed by atoms with van der Waals surface area (Å²) < 4.78 is 0. The van der Waals surface area contributed by atoms with E-state index in [0.717, 1.165) is 35.9 Å². The van der Waals surface area contributed by atoms with Crippen LogP contribution in [0.1, 0.15) is 25.3 Å². The molecule has 4 nitrogen and oxygen atoms in total. The molecule has 1 atom stereocenters. The van der Waals surface area contributed by atoms with E-state index in [2.05, 4.69) is 17.2 Å². The second kappa shape index (κ2) is 6.38. The fourth-order valence-electron chi connectivity index (χ4n) is 2.22. The minimum atomic E-state index is -0.790. The summed E-state index contributed by atoms with van der Waals surface area (Å²) >= 11 is 0. The molecule has 1 heterocycles. The Bertz CT molecular complexity index is 548. The lowest BCUT2D eigenvalue weighted by Gasteiger charge is -2.13. The first-order valence-electron chi connectivity index (χ1n) is 6.73. The highest BCUT2D eigenvalue weighted by atomic mass is 16.4. The highest BCUT2D eigenvalue weighted by Gasteiger charge is 2.18. The molecule has 0 spiro atoms. The number of hydrogen-bond donors (Lipinski definition) is 3. The minimum Gasteiger partial charge on any atom is -0.480 e. The van der Waals surface area contributed by atoms with Crippen LogP contribution in [0, 0.1) is 0 Å². The smallest absolute Gasteiger partial charge is 0.321 e. The van der Waals surface area contributed by atoms with E-state index in [1.54, 1.807) is 0 Å². The minimum absolute atomic E-state index is 0.503. The molecule has 0 radical (unpaired) electrons. The van der Waals surface area contributed by atoms with Crippen LogP contribution in [-0.2, 0) is 11.2 Å². The summed E-state index contributed by atoms with van der Waals surface area (Å²) in [5.41, 5.74) is 2.10. The van der Waals surface area contributed by atoms with Gasteiger partial charge in [-0.2, -0.15) is 0 Å². The van der Waals surface area contributed by atoms with Crippen molar-refractivity contribution in [1.29, 1.82) is 0 Å². The molecular weight excluding hydrogens is 240 g/mol. The number of fused-ring (bicyclic) bond motifs is 1. The maximum atomic E-state index is 11.3. The number of rotatable bonds is 7. The van der Waals surface area contributed by atoms with E-state index in [4.69, 9.17) is 0 Å². The lowest BCUT2D eigenvalue weighted by molar-refractivity contribution is -0.139. The molecule has 2 rings (SSSR count). The van der Waals surface area contributed by atoms with Crippen molar-refractivity contribution in [3.8, 4) is 0 Å². The predicted octanol–water partition coefficient (Wildman–Crippen LogP) is 2.55. The average molecular weight is 260 g/mol. The van der Waals surface area contributed by atoms with E-state index in [-0.39, 0.29) is 0 Å². The Labute approximate surface area is 112 Å². The van der Waals surface area contributed by atoms with Crippen LogP contribution in [0.15, 0.2) is 30.5 Å². The second-order valence-corrected chi connectivity index (χ2v) is 4.76. The number of unbranched alkanes of at least 4 members (excludes halogenated alkanes) is 1. The molecule has 2 aromatic rings. The van der Waals surface area contributed by atoms with Crippen molar-refractivity contribution in [3.63, 3.8) is 0 Å². The third-order valence-electron chi connectivity index (χ3n) is 3.32. The first-order chi connectivity index (χ1) is 9.22. The molecule has 1 aromatic carbocycles. The first-order valence-corrected chi connectivity index (χ1v) is 6.73. The van der Waals surface area contributed by atoms with Gasteiger partial charge >= 0.3 is 5.97 Å². The normalized spacial score (nSPS) is 12.7. The van der Waals surface area contributed by atoms with Gasteiger partial charge in [-0.3, -0.25) is 4.79 Å². The zero-order valence-electron chi connectivity index (χ0n) is 11.1. The topological polar surface area (TPSA) is 65.1 Å². The average Bonchev–Trinajstić information content (AvgIpc) is 2.81. The Morgan fingerprint density at radius 3 is 2.95 bits per heavy atom. The van der Waals surface area contributed by atoms with Gasteiger partial charge in [0.25, 0.3) is 0 Å². The number of aromatic nitrogens is 1. The highest BCUT2D eigenvalue weighted by molar-refractivity contribution is 5.84. The maximum Gasteiger partial charge on any atom is 0.321 e. The molecule has 4 heteroatoms. The molecule has 19 heavy (non-hydrogen) atoms.